The zero-order chi connectivity index (χ0) is 32.8. The molecular weight excluding hydrogens is 600 g/mol. The number of hydrogen-bond donors (Lipinski definition) is 8. The van der Waals surface area contributed by atoms with Crippen molar-refractivity contribution in [1.82, 2.24) is 0 Å². The van der Waals surface area contributed by atoms with Crippen molar-refractivity contribution in [3.8, 4) is 23.0 Å². The Kier molecular flexibility index (Phi) is 11.6. The lowest BCUT2D eigenvalue weighted by atomic mass is 9.97. The van der Waals surface area contributed by atoms with E-state index in [9.17, 15) is 45.6 Å². The highest BCUT2D eigenvalue weighted by molar-refractivity contribution is 5.87. The topological polar surface area (TPSA) is 234 Å². The van der Waals surface area contributed by atoms with Gasteiger partial charge in [0.25, 0.3) is 0 Å². The SMILES string of the molecule is COc1cc(CCOC2OC(CO)C(OC(=O)/C=C/c3ccc(O)c(O)c3)C(OC3OC(C)C(O)C(O)C3O)C2O)ccc1O. The highest BCUT2D eigenvalue weighted by Gasteiger charge is 2.52. The van der Waals surface area contributed by atoms with Gasteiger partial charge in [0.05, 0.1) is 26.4 Å². The van der Waals surface area contributed by atoms with Crippen LogP contribution in [0, 0.1) is 0 Å². The number of aliphatic hydroxyl groups is 5. The van der Waals surface area contributed by atoms with E-state index in [-0.39, 0.29) is 23.9 Å². The number of methoxy groups -OCH3 is 1. The number of benzene rings is 2. The Labute approximate surface area is 258 Å². The number of carbonyl (C=O) groups is 1. The van der Waals surface area contributed by atoms with Crippen LogP contribution in [0.4, 0.5) is 0 Å². The third kappa shape index (κ3) is 8.21. The van der Waals surface area contributed by atoms with E-state index in [1.165, 1.54) is 44.4 Å². The number of carbonyl (C=O) groups excluding carboxylic acids is 1. The minimum absolute atomic E-state index is 0.0162. The summed E-state index contributed by atoms with van der Waals surface area (Å²) in [5, 5.41) is 81.3. The second-order valence-electron chi connectivity index (χ2n) is 10.6. The van der Waals surface area contributed by atoms with Gasteiger partial charge in [-0.25, -0.2) is 4.79 Å². The van der Waals surface area contributed by atoms with E-state index in [2.05, 4.69) is 0 Å². The Hall–Kier alpha value is -3.51. The molecular formula is C30H38O15. The first-order valence-corrected chi connectivity index (χ1v) is 14.1. The molecule has 2 fully saturated rings. The van der Waals surface area contributed by atoms with Gasteiger partial charge in [-0.1, -0.05) is 12.1 Å². The summed E-state index contributed by atoms with van der Waals surface area (Å²) in [4.78, 5) is 12.8. The van der Waals surface area contributed by atoms with Gasteiger partial charge in [-0.05, 0) is 54.8 Å². The van der Waals surface area contributed by atoms with Gasteiger partial charge in [-0.15, -0.1) is 0 Å². The molecule has 2 saturated heterocycles. The van der Waals surface area contributed by atoms with Gasteiger partial charge in [-0.2, -0.15) is 0 Å². The van der Waals surface area contributed by atoms with Gasteiger partial charge in [0.2, 0.25) is 0 Å². The fourth-order valence-electron chi connectivity index (χ4n) is 4.91. The summed E-state index contributed by atoms with van der Waals surface area (Å²) in [5.74, 6) is -1.53. The van der Waals surface area contributed by atoms with Gasteiger partial charge in [0.15, 0.2) is 41.7 Å². The molecule has 45 heavy (non-hydrogen) atoms. The molecule has 0 aliphatic carbocycles. The lowest BCUT2D eigenvalue weighted by Crippen LogP contribution is -2.65. The molecule has 0 aromatic heterocycles. The van der Waals surface area contributed by atoms with Crippen LogP contribution in [-0.2, 0) is 34.9 Å². The van der Waals surface area contributed by atoms with E-state index in [4.69, 9.17) is 28.4 Å². The fraction of sp³-hybridized carbons (Fsp3) is 0.500. The maximum Gasteiger partial charge on any atom is 0.331 e. The van der Waals surface area contributed by atoms with Crippen LogP contribution < -0.4 is 4.74 Å². The summed E-state index contributed by atoms with van der Waals surface area (Å²) in [5.41, 5.74) is 1.07. The molecule has 15 heteroatoms. The first kappa shape index (κ1) is 34.4. The average molecular weight is 639 g/mol. The third-order valence-electron chi connectivity index (χ3n) is 7.47. The maximum absolute atomic E-state index is 12.8. The number of ether oxygens (including phenoxy) is 6. The molecule has 4 rings (SSSR count). The summed E-state index contributed by atoms with van der Waals surface area (Å²) in [6.07, 6.45) is -12.3. The molecule has 2 aliphatic heterocycles. The van der Waals surface area contributed by atoms with E-state index in [1.807, 2.05) is 0 Å². The summed E-state index contributed by atoms with van der Waals surface area (Å²) in [6, 6.07) is 8.54. The summed E-state index contributed by atoms with van der Waals surface area (Å²) < 4.78 is 33.5. The van der Waals surface area contributed by atoms with Gasteiger partial charge < -0.3 is 69.3 Å². The number of rotatable bonds is 11. The number of esters is 1. The predicted octanol–water partition coefficient (Wildman–Crippen LogP) is -0.713. The van der Waals surface area contributed by atoms with Crippen molar-refractivity contribution in [2.75, 3.05) is 20.3 Å². The highest BCUT2D eigenvalue weighted by Crippen LogP contribution is 2.32. The molecule has 2 heterocycles. The zero-order valence-corrected chi connectivity index (χ0v) is 24.4. The van der Waals surface area contributed by atoms with Crippen molar-refractivity contribution in [2.24, 2.45) is 0 Å². The van der Waals surface area contributed by atoms with Gasteiger partial charge in [0, 0.05) is 6.08 Å². The van der Waals surface area contributed by atoms with Gasteiger partial charge >= 0.3 is 5.97 Å². The lowest BCUT2D eigenvalue weighted by Gasteiger charge is -2.46. The lowest BCUT2D eigenvalue weighted by molar-refractivity contribution is -0.357. The van der Waals surface area contributed by atoms with Crippen LogP contribution in [0.3, 0.4) is 0 Å². The number of phenols is 3. The second-order valence-corrected chi connectivity index (χ2v) is 10.6. The number of phenolic OH excluding ortho intramolecular Hbond substituents is 3. The van der Waals surface area contributed by atoms with Gasteiger partial charge in [0.1, 0.15) is 36.6 Å². The van der Waals surface area contributed by atoms with Crippen LogP contribution in [0.25, 0.3) is 6.08 Å². The van der Waals surface area contributed by atoms with Crippen molar-refractivity contribution >= 4 is 12.0 Å². The summed E-state index contributed by atoms with van der Waals surface area (Å²) in [7, 11) is 1.40. The number of hydrogen-bond acceptors (Lipinski definition) is 15. The van der Waals surface area contributed by atoms with Crippen LogP contribution >= 0.6 is 0 Å². The molecule has 248 valence electrons. The van der Waals surface area contributed by atoms with Crippen molar-refractivity contribution in [3.63, 3.8) is 0 Å². The molecule has 2 aromatic rings. The first-order chi connectivity index (χ1) is 21.4. The molecule has 0 saturated carbocycles. The van der Waals surface area contributed by atoms with Gasteiger partial charge in [-0.3, -0.25) is 0 Å². The van der Waals surface area contributed by atoms with E-state index in [0.717, 1.165) is 11.6 Å². The van der Waals surface area contributed by atoms with Crippen LogP contribution in [0.2, 0.25) is 0 Å². The minimum Gasteiger partial charge on any atom is -0.504 e. The molecule has 0 spiro atoms. The van der Waals surface area contributed by atoms with Crippen molar-refractivity contribution < 1.29 is 74.1 Å². The molecule has 10 atom stereocenters. The third-order valence-corrected chi connectivity index (χ3v) is 7.47. The maximum atomic E-state index is 12.8. The van der Waals surface area contributed by atoms with Crippen LogP contribution in [0.15, 0.2) is 42.5 Å². The van der Waals surface area contributed by atoms with E-state index in [1.54, 1.807) is 12.1 Å². The van der Waals surface area contributed by atoms with Crippen LogP contribution in [0.1, 0.15) is 18.1 Å². The van der Waals surface area contributed by atoms with Crippen molar-refractivity contribution in [3.05, 3.63) is 53.6 Å². The molecule has 15 nitrogen and oxygen atoms in total. The Morgan fingerprint density at radius 1 is 0.867 bits per heavy atom. The van der Waals surface area contributed by atoms with Crippen LogP contribution in [0.5, 0.6) is 23.0 Å². The quantitative estimate of drug-likeness (QED) is 0.0862. The molecule has 0 bridgehead atoms. The molecule has 2 aromatic carbocycles. The molecule has 0 amide bonds. The standard InChI is InChI=1S/C30H38O15/c1-14-23(36)24(37)25(38)30(42-14)45-28-26(39)29(41-10-9-16-4-7-18(33)20(12-16)40-2)43-21(13-31)27(28)44-22(35)8-5-15-3-6-17(32)19(34)11-15/h3-8,11-12,14,21,23-34,36-39H,9-10,13H2,1-2H3/b8-5+. The largest absolute Gasteiger partial charge is 0.504 e. The molecule has 8 N–H and O–H groups in total. The van der Waals surface area contributed by atoms with E-state index in [0.29, 0.717) is 12.0 Å². The fourth-order valence-corrected chi connectivity index (χ4v) is 4.91. The monoisotopic (exact) mass is 638 g/mol. The summed E-state index contributed by atoms with van der Waals surface area (Å²) >= 11 is 0. The molecule has 10 unspecified atom stereocenters. The average Bonchev–Trinajstić information content (AvgIpc) is 3.02. The second kappa shape index (κ2) is 15.2. The molecule has 0 radical (unpaired) electrons. The summed E-state index contributed by atoms with van der Waals surface area (Å²) in [6.45, 7) is 0.694. The molecule has 2 aliphatic rings. The number of aliphatic hydroxyl groups excluding tert-OH is 5. The minimum atomic E-state index is -1.76. The number of aromatic hydroxyl groups is 3. The first-order valence-electron chi connectivity index (χ1n) is 14.1. The Morgan fingerprint density at radius 3 is 2.29 bits per heavy atom. The Morgan fingerprint density at radius 2 is 1.60 bits per heavy atom. The highest BCUT2D eigenvalue weighted by atomic mass is 16.7. The Bertz CT molecular complexity index is 1320. The smallest absolute Gasteiger partial charge is 0.331 e. The van der Waals surface area contributed by atoms with Crippen molar-refractivity contribution in [1.29, 1.82) is 0 Å². The Balaban J connectivity index is 1.52. The normalized spacial score (nSPS) is 32.0. The van der Waals surface area contributed by atoms with Crippen LogP contribution in [-0.4, -0.2) is 129 Å². The van der Waals surface area contributed by atoms with Crippen molar-refractivity contribution in [2.45, 2.75) is 74.8 Å². The van der Waals surface area contributed by atoms with E-state index >= 15 is 0 Å². The zero-order valence-electron chi connectivity index (χ0n) is 24.4. The predicted molar refractivity (Wildman–Crippen MR) is 152 cm³/mol. The van der Waals surface area contributed by atoms with E-state index < -0.39 is 79.7 Å².